The molecule has 0 aliphatic carbocycles. The van der Waals surface area contributed by atoms with Crippen molar-refractivity contribution in [3.63, 3.8) is 0 Å². The minimum Gasteiger partial charge on any atom is -0.496 e. The summed E-state index contributed by atoms with van der Waals surface area (Å²) < 4.78 is 32.8. The van der Waals surface area contributed by atoms with Gasteiger partial charge in [-0.1, -0.05) is 47.2 Å². The molecule has 0 spiro atoms. The second-order valence-corrected chi connectivity index (χ2v) is 9.35. The molecule has 0 saturated carbocycles. The van der Waals surface area contributed by atoms with Crippen LogP contribution in [0.15, 0.2) is 53.4 Å². The lowest BCUT2D eigenvalue weighted by Crippen LogP contribution is -2.25. The number of para-hydroxylation sites is 1. The largest absolute Gasteiger partial charge is 0.496 e. The van der Waals surface area contributed by atoms with Crippen molar-refractivity contribution in [3.05, 3.63) is 70.2 Å². The maximum atomic E-state index is 12.5. The van der Waals surface area contributed by atoms with Gasteiger partial charge in [0, 0.05) is 6.54 Å². The van der Waals surface area contributed by atoms with Gasteiger partial charge in [0.25, 0.3) is 15.9 Å². The van der Waals surface area contributed by atoms with E-state index in [2.05, 4.69) is 15.0 Å². The first-order chi connectivity index (χ1) is 14.3. The third kappa shape index (κ3) is 5.17. The zero-order valence-electron chi connectivity index (χ0n) is 16.9. The van der Waals surface area contributed by atoms with Crippen LogP contribution in [0.2, 0.25) is 0 Å². The van der Waals surface area contributed by atoms with Crippen LogP contribution in [0, 0.1) is 13.8 Å². The molecule has 2 N–H and O–H groups in total. The van der Waals surface area contributed by atoms with Crippen molar-refractivity contribution in [2.75, 3.05) is 18.4 Å². The third-order valence-corrected chi connectivity index (χ3v) is 6.98. The van der Waals surface area contributed by atoms with E-state index in [-0.39, 0.29) is 15.9 Å². The number of thiazole rings is 1. The Hall–Kier alpha value is -2.91. The van der Waals surface area contributed by atoms with E-state index in [0.717, 1.165) is 28.2 Å². The van der Waals surface area contributed by atoms with Crippen LogP contribution in [0.3, 0.4) is 0 Å². The Kier molecular flexibility index (Phi) is 6.73. The molecule has 0 radical (unpaired) electrons. The van der Waals surface area contributed by atoms with E-state index in [0.29, 0.717) is 23.5 Å². The summed E-state index contributed by atoms with van der Waals surface area (Å²) in [5.74, 6) is 0.481. The number of nitrogens with one attached hydrogen (secondary N) is 2. The topological polar surface area (TPSA) is 97.4 Å². The Morgan fingerprint density at radius 3 is 2.50 bits per heavy atom. The SMILES string of the molecule is COc1ccccc1CCNC(=O)c1sc(NS(=O)(=O)c2ccc(C)cc2)nc1C. The lowest BCUT2D eigenvalue weighted by atomic mass is 10.1. The number of benzene rings is 2. The molecule has 0 aliphatic rings. The van der Waals surface area contributed by atoms with Gasteiger partial charge >= 0.3 is 0 Å². The van der Waals surface area contributed by atoms with Crippen molar-refractivity contribution in [2.24, 2.45) is 0 Å². The van der Waals surface area contributed by atoms with Crippen LogP contribution < -0.4 is 14.8 Å². The predicted molar refractivity (Wildman–Crippen MR) is 118 cm³/mol. The summed E-state index contributed by atoms with van der Waals surface area (Å²) in [5.41, 5.74) is 2.43. The highest BCUT2D eigenvalue weighted by Crippen LogP contribution is 2.25. The monoisotopic (exact) mass is 445 g/mol. The molecule has 3 aromatic rings. The van der Waals surface area contributed by atoms with Crippen LogP contribution in [0.5, 0.6) is 5.75 Å². The molecule has 0 atom stereocenters. The molecule has 30 heavy (non-hydrogen) atoms. The van der Waals surface area contributed by atoms with Gasteiger partial charge in [-0.25, -0.2) is 13.4 Å². The van der Waals surface area contributed by atoms with Crippen molar-refractivity contribution in [1.29, 1.82) is 0 Å². The maximum Gasteiger partial charge on any atom is 0.263 e. The van der Waals surface area contributed by atoms with Crippen molar-refractivity contribution in [3.8, 4) is 5.75 Å². The first kappa shape index (κ1) is 21.8. The number of hydrogen-bond donors (Lipinski definition) is 2. The predicted octanol–water partition coefficient (Wildman–Crippen LogP) is 3.54. The number of aryl methyl sites for hydroxylation is 2. The number of nitrogens with zero attached hydrogens (tertiary/aromatic N) is 1. The number of aromatic nitrogens is 1. The van der Waals surface area contributed by atoms with E-state index in [1.165, 1.54) is 12.1 Å². The fourth-order valence-corrected chi connectivity index (χ4v) is 4.96. The Labute approximate surface area is 180 Å². The lowest BCUT2D eigenvalue weighted by Gasteiger charge is -2.08. The van der Waals surface area contributed by atoms with Crippen LogP contribution in [0.1, 0.15) is 26.5 Å². The summed E-state index contributed by atoms with van der Waals surface area (Å²) in [6.07, 6.45) is 0.612. The molecule has 0 unspecified atom stereocenters. The van der Waals surface area contributed by atoms with Gasteiger partial charge in [-0.2, -0.15) is 0 Å². The van der Waals surface area contributed by atoms with Gasteiger partial charge in [0.1, 0.15) is 10.6 Å². The Bertz CT molecular complexity index is 1140. The number of hydrogen-bond acceptors (Lipinski definition) is 6. The normalized spacial score (nSPS) is 11.2. The van der Waals surface area contributed by atoms with Gasteiger partial charge in [-0.3, -0.25) is 9.52 Å². The van der Waals surface area contributed by atoms with Crippen molar-refractivity contribution < 1.29 is 17.9 Å². The Balaban J connectivity index is 1.65. The number of carbonyl (C=O) groups excluding carboxylic acids is 1. The molecule has 0 saturated heterocycles. The number of sulfonamides is 1. The van der Waals surface area contributed by atoms with E-state index in [1.54, 1.807) is 26.2 Å². The van der Waals surface area contributed by atoms with E-state index in [1.807, 2.05) is 31.2 Å². The van der Waals surface area contributed by atoms with E-state index in [9.17, 15) is 13.2 Å². The van der Waals surface area contributed by atoms with E-state index < -0.39 is 10.0 Å². The second-order valence-electron chi connectivity index (χ2n) is 6.67. The highest BCUT2D eigenvalue weighted by atomic mass is 32.2. The Morgan fingerprint density at radius 1 is 1.10 bits per heavy atom. The number of amides is 1. The van der Waals surface area contributed by atoms with Crippen LogP contribution in [-0.2, 0) is 16.4 Å². The first-order valence-electron chi connectivity index (χ1n) is 9.27. The molecule has 9 heteroatoms. The van der Waals surface area contributed by atoms with E-state index >= 15 is 0 Å². The van der Waals surface area contributed by atoms with Crippen LogP contribution in [-0.4, -0.2) is 33.0 Å². The molecule has 7 nitrogen and oxygen atoms in total. The summed E-state index contributed by atoms with van der Waals surface area (Å²) >= 11 is 1.01. The van der Waals surface area contributed by atoms with Crippen molar-refractivity contribution >= 4 is 32.4 Å². The minimum absolute atomic E-state index is 0.142. The molecule has 158 valence electrons. The van der Waals surface area contributed by atoms with Gasteiger partial charge in [-0.15, -0.1) is 0 Å². The zero-order valence-corrected chi connectivity index (χ0v) is 18.6. The number of ether oxygens (including phenoxy) is 1. The summed E-state index contributed by atoms with van der Waals surface area (Å²) in [4.78, 5) is 17.3. The highest BCUT2D eigenvalue weighted by molar-refractivity contribution is 7.93. The van der Waals surface area contributed by atoms with E-state index in [4.69, 9.17) is 4.74 Å². The number of anilines is 1. The molecule has 3 rings (SSSR count). The average molecular weight is 446 g/mol. The molecular formula is C21H23N3O4S2. The maximum absolute atomic E-state index is 12.5. The second kappa shape index (κ2) is 9.27. The molecule has 1 amide bonds. The van der Waals surface area contributed by atoms with Gasteiger partial charge in [-0.05, 0) is 44.0 Å². The molecular weight excluding hydrogens is 422 g/mol. The smallest absolute Gasteiger partial charge is 0.263 e. The summed E-state index contributed by atoms with van der Waals surface area (Å²) in [6, 6.07) is 14.1. The van der Waals surface area contributed by atoms with Crippen molar-refractivity contribution in [1.82, 2.24) is 10.3 Å². The quantitative estimate of drug-likeness (QED) is 0.553. The molecule has 1 aromatic heterocycles. The average Bonchev–Trinajstić information content (AvgIpc) is 3.08. The molecule has 1 heterocycles. The van der Waals surface area contributed by atoms with Crippen LogP contribution in [0.25, 0.3) is 0 Å². The Morgan fingerprint density at radius 2 is 1.80 bits per heavy atom. The minimum atomic E-state index is -3.77. The summed E-state index contributed by atoms with van der Waals surface area (Å²) in [7, 11) is -2.16. The fourth-order valence-electron chi connectivity index (χ4n) is 2.84. The number of carbonyl (C=O) groups is 1. The highest BCUT2D eigenvalue weighted by Gasteiger charge is 2.20. The summed E-state index contributed by atoms with van der Waals surface area (Å²) in [6.45, 7) is 3.98. The van der Waals surface area contributed by atoms with Crippen molar-refractivity contribution in [2.45, 2.75) is 25.2 Å². The zero-order chi connectivity index (χ0) is 21.7. The molecule has 0 bridgehead atoms. The molecule has 0 aliphatic heterocycles. The summed E-state index contributed by atoms with van der Waals surface area (Å²) in [5, 5.41) is 3.01. The number of rotatable bonds is 8. The molecule has 0 fully saturated rings. The third-order valence-electron chi connectivity index (χ3n) is 4.43. The standard InChI is InChI=1S/C21H23N3O4S2/c1-14-8-10-17(11-9-14)30(26,27)24-21-23-15(2)19(29-21)20(25)22-13-12-16-6-4-5-7-18(16)28-3/h4-11H,12-13H2,1-3H3,(H,22,25)(H,23,24). The van der Waals surface area contributed by atoms with Gasteiger partial charge in [0.15, 0.2) is 5.13 Å². The first-order valence-corrected chi connectivity index (χ1v) is 11.6. The van der Waals surface area contributed by atoms with Crippen LogP contribution >= 0.6 is 11.3 Å². The van der Waals surface area contributed by atoms with Gasteiger partial charge in [0.2, 0.25) is 0 Å². The lowest BCUT2D eigenvalue weighted by molar-refractivity contribution is 0.0957. The van der Waals surface area contributed by atoms with Crippen LogP contribution in [0.4, 0.5) is 5.13 Å². The fraction of sp³-hybridized carbons (Fsp3) is 0.238. The molecule has 2 aromatic carbocycles. The van der Waals surface area contributed by atoms with Gasteiger partial charge < -0.3 is 10.1 Å². The van der Waals surface area contributed by atoms with Gasteiger partial charge in [0.05, 0.1) is 17.7 Å². The number of methoxy groups -OCH3 is 1.